The fourth-order valence-corrected chi connectivity index (χ4v) is 2.41. The molecule has 1 aliphatic rings. The highest BCUT2D eigenvalue weighted by Gasteiger charge is 2.21. The molecule has 82 valence electrons. The van der Waals surface area contributed by atoms with Crippen molar-refractivity contribution in [3.8, 4) is 0 Å². The summed E-state index contributed by atoms with van der Waals surface area (Å²) in [6, 6.07) is 1.28. The van der Waals surface area contributed by atoms with E-state index in [1.807, 2.05) is 0 Å². The minimum absolute atomic E-state index is 0.352. The van der Waals surface area contributed by atoms with Gasteiger partial charge in [-0.05, 0) is 38.5 Å². The number of hydrogen-bond donors (Lipinski definition) is 1. The molecular formula is C12H23NO. The molecule has 0 unspecified atom stereocenters. The first kappa shape index (κ1) is 11.7. The number of Topliss-reactive ketones (excluding diaryl/α,β-unsaturated/α-hetero) is 1. The number of ketones is 1. The van der Waals surface area contributed by atoms with E-state index in [0.717, 1.165) is 6.42 Å². The molecule has 1 rings (SSSR count). The highest BCUT2D eigenvalue weighted by molar-refractivity contribution is 5.75. The third kappa shape index (κ3) is 4.23. The Bertz CT molecular complexity index is 181. The van der Waals surface area contributed by atoms with Crippen LogP contribution in [0.3, 0.4) is 0 Å². The van der Waals surface area contributed by atoms with Crippen LogP contribution in [0.4, 0.5) is 0 Å². The molecule has 0 aromatic rings. The number of hydrogen-bond acceptors (Lipinski definition) is 2. The fourth-order valence-electron chi connectivity index (χ4n) is 2.41. The summed E-state index contributed by atoms with van der Waals surface area (Å²) in [5.74, 6) is 1.02. The summed E-state index contributed by atoms with van der Waals surface area (Å²) in [7, 11) is 0. The zero-order chi connectivity index (χ0) is 10.6. The van der Waals surface area contributed by atoms with Gasteiger partial charge in [0.25, 0.3) is 0 Å². The molecule has 0 spiro atoms. The summed E-state index contributed by atoms with van der Waals surface area (Å²) in [4.78, 5) is 11.0. The van der Waals surface area contributed by atoms with Gasteiger partial charge in [-0.15, -0.1) is 0 Å². The number of carbonyl (C=O) groups excluding carboxylic acids is 1. The molecule has 0 aromatic heterocycles. The lowest BCUT2D eigenvalue weighted by molar-refractivity contribution is -0.118. The zero-order valence-corrected chi connectivity index (χ0v) is 9.68. The highest BCUT2D eigenvalue weighted by Crippen LogP contribution is 2.27. The van der Waals surface area contributed by atoms with E-state index in [1.54, 1.807) is 6.92 Å². The maximum absolute atomic E-state index is 11.0. The molecule has 0 saturated heterocycles. The van der Waals surface area contributed by atoms with E-state index in [-0.39, 0.29) is 0 Å². The first-order valence-electron chi connectivity index (χ1n) is 5.83. The summed E-state index contributed by atoms with van der Waals surface area (Å²) >= 11 is 0. The number of nitrogens with one attached hydrogen (secondary N) is 1. The van der Waals surface area contributed by atoms with Crippen LogP contribution >= 0.6 is 0 Å². The lowest BCUT2D eigenvalue weighted by atomic mass is 9.83. The second-order valence-electron chi connectivity index (χ2n) is 4.95. The Kier molecular flexibility index (Phi) is 4.59. The smallest absolute Gasteiger partial charge is 0.130 e. The molecule has 1 N–H and O–H groups in total. The summed E-state index contributed by atoms with van der Waals surface area (Å²) in [6.45, 7) is 6.10. The van der Waals surface area contributed by atoms with Crippen molar-refractivity contribution in [2.75, 3.05) is 0 Å². The summed E-state index contributed by atoms with van der Waals surface area (Å²) in [5.41, 5.74) is 0. The number of carbonyl (C=O) groups is 1. The van der Waals surface area contributed by atoms with Gasteiger partial charge in [0, 0.05) is 18.5 Å². The lowest BCUT2D eigenvalue weighted by Crippen LogP contribution is -2.37. The third-order valence-electron chi connectivity index (χ3n) is 2.99. The topological polar surface area (TPSA) is 29.1 Å². The Hall–Kier alpha value is -0.370. The Balaban J connectivity index is 2.21. The molecule has 1 aliphatic carbocycles. The van der Waals surface area contributed by atoms with Gasteiger partial charge in [-0.1, -0.05) is 13.8 Å². The predicted octanol–water partition coefficient (Wildman–Crippen LogP) is 2.52. The van der Waals surface area contributed by atoms with Gasteiger partial charge in [-0.2, -0.15) is 0 Å². The summed E-state index contributed by atoms with van der Waals surface area (Å²) in [5, 5.41) is 3.57. The molecule has 0 bridgehead atoms. The van der Waals surface area contributed by atoms with E-state index >= 15 is 0 Å². The van der Waals surface area contributed by atoms with Gasteiger partial charge < -0.3 is 10.1 Å². The van der Waals surface area contributed by atoms with Crippen LogP contribution in [0, 0.1) is 5.92 Å². The van der Waals surface area contributed by atoms with Crippen molar-refractivity contribution >= 4 is 5.78 Å². The molecule has 0 aliphatic heterocycles. The first-order chi connectivity index (χ1) is 6.58. The molecule has 2 heteroatoms. The molecule has 0 radical (unpaired) electrons. The Morgan fingerprint density at radius 2 is 1.86 bits per heavy atom. The van der Waals surface area contributed by atoms with Crippen molar-refractivity contribution in [2.45, 2.75) is 65.0 Å². The van der Waals surface area contributed by atoms with Gasteiger partial charge in [0.05, 0.1) is 0 Å². The van der Waals surface area contributed by atoms with Crippen molar-refractivity contribution in [1.82, 2.24) is 5.32 Å². The van der Waals surface area contributed by atoms with E-state index in [1.165, 1.54) is 25.7 Å². The molecule has 14 heavy (non-hydrogen) atoms. The van der Waals surface area contributed by atoms with Gasteiger partial charge >= 0.3 is 0 Å². The second kappa shape index (κ2) is 5.50. The molecule has 2 nitrogen and oxygen atoms in total. The normalized spacial score (nSPS) is 28.0. The van der Waals surface area contributed by atoms with Crippen LogP contribution in [-0.2, 0) is 4.79 Å². The van der Waals surface area contributed by atoms with Crippen LogP contribution in [0.1, 0.15) is 52.9 Å². The van der Waals surface area contributed by atoms with Gasteiger partial charge in [0.2, 0.25) is 0 Å². The SMILES string of the molecule is CC(=O)C[C@H]1CC[C@H](NC(C)C)CC1. The van der Waals surface area contributed by atoms with E-state index in [2.05, 4.69) is 19.2 Å². The standard InChI is InChI=1S/C12H23NO/c1-9(2)13-12-6-4-11(5-7-12)8-10(3)14/h9,11-13H,4-8H2,1-3H3/t11-,12-. The quantitative estimate of drug-likeness (QED) is 0.750. The van der Waals surface area contributed by atoms with E-state index in [4.69, 9.17) is 0 Å². The highest BCUT2D eigenvalue weighted by atomic mass is 16.1. The van der Waals surface area contributed by atoms with Gasteiger partial charge in [-0.3, -0.25) is 0 Å². The molecule has 1 saturated carbocycles. The van der Waals surface area contributed by atoms with Crippen molar-refractivity contribution in [1.29, 1.82) is 0 Å². The van der Waals surface area contributed by atoms with Crippen LogP contribution in [0.15, 0.2) is 0 Å². The van der Waals surface area contributed by atoms with Crippen molar-refractivity contribution in [3.63, 3.8) is 0 Å². The largest absolute Gasteiger partial charge is 0.312 e. The maximum atomic E-state index is 11.0. The minimum atomic E-state index is 0.352. The molecule has 1 fully saturated rings. The van der Waals surface area contributed by atoms with E-state index in [0.29, 0.717) is 23.8 Å². The summed E-state index contributed by atoms with van der Waals surface area (Å²) < 4.78 is 0. The molecule has 0 heterocycles. The summed E-state index contributed by atoms with van der Waals surface area (Å²) in [6.07, 6.45) is 5.74. The molecule has 0 aromatic carbocycles. The average Bonchev–Trinajstić information content (AvgIpc) is 2.06. The second-order valence-corrected chi connectivity index (χ2v) is 4.95. The van der Waals surface area contributed by atoms with Crippen LogP contribution in [0.5, 0.6) is 0 Å². The first-order valence-corrected chi connectivity index (χ1v) is 5.83. The Morgan fingerprint density at radius 3 is 2.29 bits per heavy atom. The van der Waals surface area contributed by atoms with E-state index in [9.17, 15) is 4.79 Å². The third-order valence-corrected chi connectivity index (χ3v) is 2.99. The monoisotopic (exact) mass is 197 g/mol. The van der Waals surface area contributed by atoms with Crippen LogP contribution in [0.25, 0.3) is 0 Å². The predicted molar refractivity (Wildman–Crippen MR) is 59.3 cm³/mol. The Morgan fingerprint density at radius 1 is 1.29 bits per heavy atom. The Labute approximate surface area is 87.5 Å². The zero-order valence-electron chi connectivity index (χ0n) is 9.68. The molecular weight excluding hydrogens is 174 g/mol. The fraction of sp³-hybridized carbons (Fsp3) is 0.917. The van der Waals surface area contributed by atoms with E-state index < -0.39 is 0 Å². The number of rotatable bonds is 4. The average molecular weight is 197 g/mol. The van der Waals surface area contributed by atoms with Gasteiger partial charge in [0.1, 0.15) is 5.78 Å². The maximum Gasteiger partial charge on any atom is 0.130 e. The van der Waals surface area contributed by atoms with Crippen LogP contribution in [-0.4, -0.2) is 17.9 Å². The minimum Gasteiger partial charge on any atom is -0.312 e. The van der Waals surface area contributed by atoms with Crippen LogP contribution < -0.4 is 5.32 Å². The van der Waals surface area contributed by atoms with Gasteiger partial charge in [0.15, 0.2) is 0 Å². The lowest BCUT2D eigenvalue weighted by Gasteiger charge is -2.30. The van der Waals surface area contributed by atoms with Crippen molar-refractivity contribution in [3.05, 3.63) is 0 Å². The van der Waals surface area contributed by atoms with Gasteiger partial charge in [-0.25, -0.2) is 0 Å². The van der Waals surface area contributed by atoms with Crippen molar-refractivity contribution in [2.24, 2.45) is 5.92 Å². The van der Waals surface area contributed by atoms with Crippen LogP contribution in [0.2, 0.25) is 0 Å². The van der Waals surface area contributed by atoms with Crippen molar-refractivity contribution < 1.29 is 4.79 Å². The molecule has 0 atom stereocenters. The molecule has 0 amide bonds.